The Kier molecular flexibility index (Phi) is 5.98. The lowest BCUT2D eigenvalue weighted by atomic mass is 10.1. The zero-order valence-electron chi connectivity index (χ0n) is 17.0. The van der Waals surface area contributed by atoms with E-state index in [1.165, 1.54) is 31.3 Å². The van der Waals surface area contributed by atoms with Crippen molar-refractivity contribution in [2.24, 2.45) is 0 Å². The molecular weight excluding hydrogens is 416 g/mol. The summed E-state index contributed by atoms with van der Waals surface area (Å²) >= 11 is 0. The molecule has 2 aromatic carbocycles. The lowest BCUT2D eigenvalue weighted by Gasteiger charge is -2.12. The first-order valence-electron chi connectivity index (χ1n) is 9.61. The van der Waals surface area contributed by atoms with E-state index in [1.807, 2.05) is 6.07 Å². The molecule has 0 saturated carbocycles. The minimum absolute atomic E-state index is 0.0280. The molecule has 1 aliphatic heterocycles. The molecular formula is C23H18N2O7. The van der Waals surface area contributed by atoms with Gasteiger partial charge in [-0.1, -0.05) is 18.2 Å². The molecule has 9 heteroatoms. The predicted molar refractivity (Wildman–Crippen MR) is 112 cm³/mol. The fourth-order valence-electron chi connectivity index (χ4n) is 2.96. The molecule has 0 saturated heterocycles. The smallest absolute Gasteiger partial charge is 0.344 e. The van der Waals surface area contributed by atoms with Crippen LogP contribution in [0.4, 0.5) is 5.69 Å². The number of carbonyl (C=O) groups is 3. The summed E-state index contributed by atoms with van der Waals surface area (Å²) in [7, 11) is 0. The van der Waals surface area contributed by atoms with Crippen LogP contribution in [0.15, 0.2) is 60.8 Å². The van der Waals surface area contributed by atoms with Crippen LogP contribution in [0.2, 0.25) is 0 Å². The van der Waals surface area contributed by atoms with Crippen LogP contribution in [0.3, 0.4) is 0 Å². The second-order valence-corrected chi connectivity index (χ2v) is 6.70. The SMILES string of the molecule is CC(=O)c1cc2c(cc1NC(=O)COC(=O)c1cccnc1Oc1ccccc1)OCO2. The van der Waals surface area contributed by atoms with Gasteiger partial charge in [0.1, 0.15) is 11.3 Å². The molecule has 0 bridgehead atoms. The normalized spacial score (nSPS) is 11.5. The molecule has 0 spiro atoms. The molecule has 0 atom stereocenters. The first kappa shape index (κ1) is 20.9. The maximum absolute atomic E-state index is 12.5. The lowest BCUT2D eigenvalue weighted by molar-refractivity contribution is -0.119. The Bertz CT molecular complexity index is 1180. The number of amides is 1. The summed E-state index contributed by atoms with van der Waals surface area (Å²) in [6.07, 6.45) is 1.48. The van der Waals surface area contributed by atoms with Crippen LogP contribution in [0.25, 0.3) is 0 Å². The van der Waals surface area contributed by atoms with Gasteiger partial charge in [0.2, 0.25) is 12.7 Å². The third-order valence-electron chi connectivity index (χ3n) is 4.45. The van der Waals surface area contributed by atoms with Crippen molar-refractivity contribution in [1.29, 1.82) is 0 Å². The van der Waals surface area contributed by atoms with E-state index in [0.29, 0.717) is 17.2 Å². The highest BCUT2D eigenvalue weighted by Gasteiger charge is 2.21. The first-order chi connectivity index (χ1) is 15.5. The topological polar surface area (TPSA) is 113 Å². The van der Waals surface area contributed by atoms with E-state index < -0.39 is 18.5 Å². The number of nitrogens with zero attached hydrogens (tertiary/aromatic N) is 1. The molecule has 0 radical (unpaired) electrons. The minimum atomic E-state index is -0.781. The molecule has 3 aromatic rings. The number of fused-ring (bicyclic) bond motifs is 1. The van der Waals surface area contributed by atoms with Crippen LogP contribution < -0.4 is 19.5 Å². The fraction of sp³-hybridized carbons (Fsp3) is 0.130. The molecule has 1 aliphatic rings. The highest BCUT2D eigenvalue weighted by atomic mass is 16.7. The Balaban J connectivity index is 1.42. The van der Waals surface area contributed by atoms with Gasteiger partial charge >= 0.3 is 5.97 Å². The summed E-state index contributed by atoms with van der Waals surface area (Å²) in [5, 5.41) is 2.56. The summed E-state index contributed by atoms with van der Waals surface area (Å²) in [6.45, 7) is 0.814. The second-order valence-electron chi connectivity index (χ2n) is 6.70. The van der Waals surface area contributed by atoms with Gasteiger partial charge in [0.05, 0.1) is 5.69 Å². The number of Topliss-reactive ketones (excluding diaryl/α,β-unsaturated/α-hetero) is 1. The number of anilines is 1. The summed E-state index contributed by atoms with van der Waals surface area (Å²) in [5.74, 6) is -0.307. The number of para-hydroxylation sites is 1. The van der Waals surface area contributed by atoms with Crippen molar-refractivity contribution in [3.63, 3.8) is 0 Å². The fourth-order valence-corrected chi connectivity index (χ4v) is 2.96. The maximum Gasteiger partial charge on any atom is 0.344 e. The molecule has 0 unspecified atom stereocenters. The monoisotopic (exact) mass is 434 g/mol. The second kappa shape index (κ2) is 9.17. The maximum atomic E-state index is 12.5. The predicted octanol–water partition coefficient (Wildman–Crippen LogP) is 3.60. The van der Waals surface area contributed by atoms with Crippen molar-refractivity contribution in [2.45, 2.75) is 6.92 Å². The number of ketones is 1. The van der Waals surface area contributed by atoms with Crippen molar-refractivity contribution in [3.05, 3.63) is 71.9 Å². The van der Waals surface area contributed by atoms with Gasteiger partial charge in [-0.15, -0.1) is 0 Å². The molecule has 1 N–H and O–H groups in total. The van der Waals surface area contributed by atoms with Crippen molar-refractivity contribution in [2.75, 3.05) is 18.7 Å². The number of esters is 1. The third-order valence-corrected chi connectivity index (χ3v) is 4.45. The number of rotatable bonds is 7. The molecule has 0 fully saturated rings. The number of pyridine rings is 1. The highest BCUT2D eigenvalue weighted by molar-refractivity contribution is 6.05. The number of hydrogen-bond donors (Lipinski definition) is 1. The van der Waals surface area contributed by atoms with Gasteiger partial charge in [-0.25, -0.2) is 9.78 Å². The minimum Gasteiger partial charge on any atom is -0.454 e. The average Bonchev–Trinajstić information content (AvgIpc) is 3.25. The average molecular weight is 434 g/mol. The Morgan fingerprint density at radius 2 is 1.75 bits per heavy atom. The summed E-state index contributed by atoms with van der Waals surface area (Å²) < 4.78 is 21.3. The number of hydrogen-bond acceptors (Lipinski definition) is 8. The summed E-state index contributed by atoms with van der Waals surface area (Å²) in [4.78, 5) is 40.9. The largest absolute Gasteiger partial charge is 0.454 e. The number of carbonyl (C=O) groups excluding carboxylic acids is 3. The van der Waals surface area contributed by atoms with Crippen LogP contribution in [0.5, 0.6) is 23.1 Å². The van der Waals surface area contributed by atoms with Gasteiger partial charge in [-0.05, 0) is 37.3 Å². The van der Waals surface area contributed by atoms with Gasteiger partial charge < -0.3 is 24.3 Å². The standard InChI is InChI=1S/C23H18N2O7/c1-14(26)17-10-19-20(31-13-30-19)11-18(17)25-21(27)12-29-23(28)16-8-5-9-24-22(16)32-15-6-3-2-4-7-15/h2-11H,12-13H2,1H3,(H,25,27). The quantitative estimate of drug-likeness (QED) is 0.443. The molecule has 1 aromatic heterocycles. The molecule has 9 nitrogen and oxygen atoms in total. The molecule has 0 aliphatic carbocycles. The Hall–Kier alpha value is -4.40. The van der Waals surface area contributed by atoms with Crippen LogP contribution in [0.1, 0.15) is 27.6 Å². The molecule has 2 heterocycles. The van der Waals surface area contributed by atoms with Crippen LogP contribution in [-0.2, 0) is 9.53 Å². The van der Waals surface area contributed by atoms with Gasteiger partial charge in [0.15, 0.2) is 23.9 Å². The Labute approximate surface area is 182 Å². The zero-order valence-corrected chi connectivity index (χ0v) is 17.0. The van der Waals surface area contributed by atoms with Crippen LogP contribution in [-0.4, -0.2) is 36.0 Å². The van der Waals surface area contributed by atoms with Crippen molar-refractivity contribution >= 4 is 23.3 Å². The number of nitrogens with one attached hydrogen (secondary N) is 1. The van der Waals surface area contributed by atoms with Crippen LogP contribution >= 0.6 is 0 Å². The molecule has 32 heavy (non-hydrogen) atoms. The summed E-state index contributed by atoms with van der Waals surface area (Å²) in [5.41, 5.74) is 0.550. The number of benzene rings is 2. The van der Waals surface area contributed by atoms with E-state index in [2.05, 4.69) is 10.3 Å². The van der Waals surface area contributed by atoms with Crippen molar-refractivity contribution in [1.82, 2.24) is 4.98 Å². The third kappa shape index (κ3) is 4.67. The van der Waals surface area contributed by atoms with E-state index in [0.717, 1.165) is 0 Å². The van der Waals surface area contributed by atoms with Gasteiger partial charge in [-0.2, -0.15) is 0 Å². The van der Waals surface area contributed by atoms with E-state index in [-0.39, 0.29) is 35.3 Å². The van der Waals surface area contributed by atoms with Gasteiger partial charge in [-0.3, -0.25) is 9.59 Å². The Morgan fingerprint density at radius 1 is 1.00 bits per heavy atom. The molecule has 162 valence electrons. The zero-order chi connectivity index (χ0) is 22.5. The van der Waals surface area contributed by atoms with E-state index in [9.17, 15) is 14.4 Å². The first-order valence-corrected chi connectivity index (χ1v) is 9.61. The Morgan fingerprint density at radius 3 is 2.50 bits per heavy atom. The van der Waals surface area contributed by atoms with Gasteiger partial charge in [0, 0.05) is 17.8 Å². The van der Waals surface area contributed by atoms with Crippen LogP contribution in [0, 0.1) is 0 Å². The highest BCUT2D eigenvalue weighted by Crippen LogP contribution is 2.37. The molecule has 1 amide bonds. The van der Waals surface area contributed by atoms with Crippen molar-refractivity contribution < 1.29 is 33.3 Å². The number of ether oxygens (including phenoxy) is 4. The lowest BCUT2D eigenvalue weighted by Crippen LogP contribution is -2.22. The van der Waals surface area contributed by atoms with E-state index in [4.69, 9.17) is 18.9 Å². The molecule has 4 rings (SSSR count). The van der Waals surface area contributed by atoms with Gasteiger partial charge in [0.25, 0.3) is 5.91 Å². The van der Waals surface area contributed by atoms with E-state index in [1.54, 1.807) is 30.3 Å². The van der Waals surface area contributed by atoms with Crippen molar-refractivity contribution in [3.8, 4) is 23.1 Å². The number of aromatic nitrogens is 1. The van der Waals surface area contributed by atoms with E-state index >= 15 is 0 Å². The summed E-state index contributed by atoms with van der Waals surface area (Å²) in [6, 6.07) is 14.9.